The van der Waals surface area contributed by atoms with Crippen LogP contribution in [0.25, 0.3) is 77.5 Å². The molecule has 1 atom stereocenters. The van der Waals surface area contributed by atoms with E-state index in [4.69, 9.17) is 33.7 Å². The number of rotatable bonds is 5. The number of fused-ring (bicyclic) bond motifs is 5. The van der Waals surface area contributed by atoms with Crippen molar-refractivity contribution in [2.75, 3.05) is 0 Å². The monoisotopic (exact) mass is 688 g/mol. The van der Waals surface area contributed by atoms with E-state index in [-0.39, 0.29) is 0 Å². The van der Waals surface area contributed by atoms with Gasteiger partial charge in [0.2, 0.25) is 0 Å². The molecule has 11 nitrogen and oxygen atoms in total. The van der Waals surface area contributed by atoms with Crippen LogP contribution in [0.2, 0.25) is 0 Å². The summed E-state index contributed by atoms with van der Waals surface area (Å²) in [7, 11) is 0. The van der Waals surface area contributed by atoms with Gasteiger partial charge in [-0.15, -0.1) is 0 Å². The number of nitrogens with zero attached hydrogens (tertiary/aromatic N) is 7. The number of hydrogen-bond donors (Lipinski definition) is 1. The molecule has 53 heavy (non-hydrogen) atoms. The molecule has 7 heterocycles. The Balaban J connectivity index is 1.33. The van der Waals surface area contributed by atoms with Crippen molar-refractivity contribution in [2.24, 2.45) is 0 Å². The van der Waals surface area contributed by atoms with Gasteiger partial charge in [-0.25, -0.2) is 19.9 Å². The highest BCUT2D eigenvalue weighted by Gasteiger charge is 2.39. The molecule has 0 fully saturated rings. The van der Waals surface area contributed by atoms with Crippen molar-refractivity contribution in [3.8, 4) is 28.3 Å². The normalized spacial score (nSPS) is 14.3. The predicted molar refractivity (Wildman–Crippen MR) is 199 cm³/mol. The third-order valence-electron chi connectivity index (χ3n) is 9.75. The smallest absolute Gasteiger partial charge is 0.181 e. The number of ether oxygens (including phenoxy) is 1. The second kappa shape index (κ2) is 11.5. The zero-order chi connectivity index (χ0) is 34.9. The van der Waals surface area contributed by atoms with Crippen molar-refractivity contribution in [3.05, 3.63) is 157 Å². The Morgan fingerprint density at radius 1 is 0.660 bits per heavy atom. The summed E-state index contributed by atoms with van der Waals surface area (Å²) in [6, 6.07) is 35.8. The standard InChI is InChI=1S/C42H24N8O3/c1-3-9-25-23(7-1)17-19-43-39(25)40-35(30-15-13-24-8-2-5-11-28(24)47-30)37(42-44-21-31-41(48-42)46-22-45-31)36-33(52-40)16-14-26(29-18-20-51-49-29)34(36)38-27-10-4-6-12-32(27)53-50-38/h1-22,40H,(H,44,45,46,48). The lowest BCUT2D eigenvalue weighted by Gasteiger charge is -2.32. The minimum atomic E-state index is -0.726. The number of nitrogens with one attached hydrogen (secondary N) is 1. The van der Waals surface area contributed by atoms with Crippen molar-refractivity contribution in [2.45, 2.75) is 6.10 Å². The molecule has 1 N–H and O–H groups in total. The van der Waals surface area contributed by atoms with Crippen molar-refractivity contribution in [1.82, 2.24) is 40.2 Å². The first kappa shape index (κ1) is 29.2. The van der Waals surface area contributed by atoms with Crippen molar-refractivity contribution >= 4 is 55.0 Å². The van der Waals surface area contributed by atoms with Gasteiger partial charge < -0.3 is 18.8 Å². The first-order valence-electron chi connectivity index (χ1n) is 17.0. The summed E-state index contributed by atoms with van der Waals surface area (Å²) in [6.45, 7) is 0. The van der Waals surface area contributed by atoms with Crippen molar-refractivity contribution in [3.63, 3.8) is 0 Å². The Bertz CT molecular complexity index is 3070. The highest BCUT2D eigenvalue weighted by molar-refractivity contribution is 6.10. The summed E-state index contributed by atoms with van der Waals surface area (Å²) in [5, 5.41) is 12.8. The van der Waals surface area contributed by atoms with Crippen LogP contribution < -0.4 is 4.74 Å². The number of pyridine rings is 2. The third kappa shape index (κ3) is 4.57. The Hall–Kier alpha value is -7.53. The average Bonchev–Trinajstić information content (AvgIpc) is 4.01. The van der Waals surface area contributed by atoms with Crippen LogP contribution in [0.5, 0.6) is 5.75 Å². The molecule has 0 saturated heterocycles. The zero-order valence-corrected chi connectivity index (χ0v) is 27.6. The Morgan fingerprint density at radius 2 is 1.53 bits per heavy atom. The summed E-state index contributed by atoms with van der Waals surface area (Å²) in [4.78, 5) is 28.0. The molecule has 1 aliphatic heterocycles. The summed E-state index contributed by atoms with van der Waals surface area (Å²) in [5.74, 6) is 1.00. The van der Waals surface area contributed by atoms with E-state index in [0.717, 1.165) is 43.9 Å². The van der Waals surface area contributed by atoms with Gasteiger partial charge in [-0.3, -0.25) is 4.98 Å². The molecular weight excluding hydrogens is 665 g/mol. The molecule has 0 spiro atoms. The lowest BCUT2D eigenvalue weighted by Crippen LogP contribution is -2.21. The molecule has 6 aromatic heterocycles. The fourth-order valence-electron chi connectivity index (χ4n) is 7.37. The SMILES string of the molecule is c1ccc2nc(C3=C(c4ncc5[nH]cnc5n4)c4c(ccc(-c5ccon5)c4-c4noc5ccccc45)OC3c3nccc4ccccc34)ccc2c1. The molecule has 11 rings (SSSR count). The largest absolute Gasteiger partial charge is 0.479 e. The molecule has 0 bridgehead atoms. The van der Waals surface area contributed by atoms with Gasteiger partial charge in [-0.2, -0.15) is 0 Å². The van der Waals surface area contributed by atoms with Gasteiger partial charge in [0.05, 0.1) is 29.4 Å². The minimum Gasteiger partial charge on any atom is -0.479 e. The van der Waals surface area contributed by atoms with E-state index < -0.39 is 6.10 Å². The minimum absolute atomic E-state index is 0.427. The highest BCUT2D eigenvalue weighted by atomic mass is 16.5. The lowest BCUT2D eigenvalue weighted by atomic mass is 9.82. The molecule has 11 heteroatoms. The zero-order valence-electron chi connectivity index (χ0n) is 27.6. The van der Waals surface area contributed by atoms with Crippen LogP contribution in [0.3, 0.4) is 0 Å². The number of benzene rings is 4. The maximum atomic E-state index is 7.21. The number of aromatic amines is 1. The second-order valence-electron chi connectivity index (χ2n) is 12.7. The van der Waals surface area contributed by atoms with Crippen molar-refractivity contribution < 1.29 is 13.8 Å². The second-order valence-corrected chi connectivity index (χ2v) is 12.7. The molecule has 1 aliphatic rings. The van der Waals surface area contributed by atoms with Crippen LogP contribution in [0, 0.1) is 0 Å². The fraction of sp³-hybridized carbons (Fsp3) is 0.0238. The van der Waals surface area contributed by atoms with E-state index in [1.54, 1.807) is 18.8 Å². The number of hydrogen-bond acceptors (Lipinski definition) is 10. The predicted octanol–water partition coefficient (Wildman–Crippen LogP) is 9.01. The molecule has 0 amide bonds. The number of para-hydroxylation sites is 2. The molecule has 0 aliphatic carbocycles. The molecule has 0 radical (unpaired) electrons. The quantitative estimate of drug-likeness (QED) is 0.186. The highest BCUT2D eigenvalue weighted by Crippen LogP contribution is 2.54. The fourth-order valence-corrected chi connectivity index (χ4v) is 7.37. The molecule has 4 aromatic carbocycles. The Labute approximate surface area is 299 Å². The van der Waals surface area contributed by atoms with Crippen LogP contribution in [0.15, 0.2) is 143 Å². The van der Waals surface area contributed by atoms with Gasteiger partial charge in [-0.1, -0.05) is 71.0 Å². The van der Waals surface area contributed by atoms with Crippen molar-refractivity contribution in [1.29, 1.82) is 0 Å². The van der Waals surface area contributed by atoms with E-state index in [1.807, 2.05) is 97.2 Å². The van der Waals surface area contributed by atoms with E-state index in [9.17, 15) is 0 Å². The number of H-pyrrole nitrogens is 1. The number of imidazole rings is 1. The van der Waals surface area contributed by atoms with E-state index in [2.05, 4.69) is 38.5 Å². The molecule has 10 aromatic rings. The number of aromatic nitrogens is 8. The van der Waals surface area contributed by atoms with E-state index >= 15 is 0 Å². The average molecular weight is 689 g/mol. The molecule has 0 saturated carbocycles. The first-order valence-corrected chi connectivity index (χ1v) is 17.0. The summed E-state index contributed by atoms with van der Waals surface area (Å²) in [6.07, 6.45) is 5.99. The van der Waals surface area contributed by atoms with Crippen LogP contribution in [0.1, 0.15) is 28.9 Å². The van der Waals surface area contributed by atoms with Gasteiger partial charge >= 0.3 is 0 Å². The third-order valence-corrected chi connectivity index (χ3v) is 9.75. The van der Waals surface area contributed by atoms with E-state index in [1.165, 1.54) is 0 Å². The van der Waals surface area contributed by atoms with Gasteiger partial charge in [0.1, 0.15) is 28.9 Å². The first-order chi connectivity index (χ1) is 26.3. The van der Waals surface area contributed by atoms with Crippen LogP contribution in [-0.4, -0.2) is 40.2 Å². The molecular formula is C42H24N8O3. The van der Waals surface area contributed by atoms with Crippen LogP contribution in [-0.2, 0) is 0 Å². The van der Waals surface area contributed by atoms with Gasteiger partial charge in [0.25, 0.3) is 0 Å². The molecule has 1 unspecified atom stereocenters. The Kier molecular flexibility index (Phi) is 6.34. The summed E-state index contributed by atoms with van der Waals surface area (Å²) in [5.41, 5.74) is 8.89. The summed E-state index contributed by atoms with van der Waals surface area (Å²) < 4.78 is 18.5. The van der Waals surface area contributed by atoms with E-state index in [0.29, 0.717) is 62.1 Å². The van der Waals surface area contributed by atoms with Gasteiger partial charge in [0.15, 0.2) is 23.2 Å². The summed E-state index contributed by atoms with van der Waals surface area (Å²) >= 11 is 0. The maximum Gasteiger partial charge on any atom is 0.181 e. The van der Waals surface area contributed by atoms with Gasteiger partial charge in [0, 0.05) is 56.3 Å². The molecule has 250 valence electrons. The topological polar surface area (TPSA) is 142 Å². The lowest BCUT2D eigenvalue weighted by molar-refractivity contribution is 0.257. The Morgan fingerprint density at radius 3 is 2.45 bits per heavy atom. The van der Waals surface area contributed by atoms with Gasteiger partial charge in [-0.05, 0) is 47.9 Å². The van der Waals surface area contributed by atoms with Crippen LogP contribution in [0.4, 0.5) is 0 Å². The maximum absolute atomic E-state index is 7.21. The van der Waals surface area contributed by atoms with Crippen LogP contribution >= 0.6 is 0 Å².